The Bertz CT molecular complexity index is 604. The normalized spacial score (nSPS) is 16.9. The summed E-state index contributed by atoms with van der Waals surface area (Å²) >= 11 is 6.29. The van der Waals surface area contributed by atoms with Gasteiger partial charge in [0.15, 0.2) is 0 Å². The van der Waals surface area contributed by atoms with Crippen LogP contribution in [0, 0.1) is 5.41 Å². The van der Waals surface area contributed by atoms with Crippen molar-refractivity contribution in [3.63, 3.8) is 0 Å². The van der Waals surface area contributed by atoms with Crippen LogP contribution in [-0.4, -0.2) is 23.3 Å². The molecule has 1 aromatic heterocycles. The highest BCUT2D eigenvalue weighted by Crippen LogP contribution is 2.51. The van der Waals surface area contributed by atoms with Gasteiger partial charge in [0.25, 0.3) is 0 Å². The lowest BCUT2D eigenvalue weighted by atomic mass is 10.0. The molecule has 0 amide bonds. The average molecular weight is 280 g/mol. The Morgan fingerprint density at radius 2 is 2.26 bits per heavy atom. The molecule has 0 atom stereocenters. The third kappa shape index (κ3) is 2.30. The number of nitrogens with zero attached hydrogens (tertiary/aromatic N) is 2. The van der Waals surface area contributed by atoms with Gasteiger partial charge in [-0.3, -0.25) is 0 Å². The molecule has 0 bridgehead atoms. The van der Waals surface area contributed by atoms with E-state index in [1.165, 1.54) is 12.8 Å². The summed E-state index contributed by atoms with van der Waals surface area (Å²) in [7, 11) is 1.74. The summed E-state index contributed by atoms with van der Waals surface area (Å²) in [6, 6.07) is 5.73. The number of rotatable bonds is 5. The van der Waals surface area contributed by atoms with Gasteiger partial charge in [-0.15, -0.1) is 0 Å². The Morgan fingerprint density at radius 1 is 1.47 bits per heavy atom. The molecule has 0 aliphatic heterocycles. The van der Waals surface area contributed by atoms with E-state index in [4.69, 9.17) is 22.1 Å². The molecule has 19 heavy (non-hydrogen) atoms. The van der Waals surface area contributed by atoms with E-state index in [0.29, 0.717) is 16.4 Å². The first-order valence-electron chi connectivity index (χ1n) is 6.54. The maximum absolute atomic E-state index is 6.29. The van der Waals surface area contributed by atoms with E-state index >= 15 is 0 Å². The van der Waals surface area contributed by atoms with Crippen molar-refractivity contribution in [2.45, 2.75) is 25.8 Å². The molecule has 0 spiro atoms. The second-order valence-corrected chi connectivity index (χ2v) is 5.81. The fourth-order valence-corrected chi connectivity index (χ4v) is 2.91. The summed E-state index contributed by atoms with van der Waals surface area (Å²) in [4.78, 5) is 4.39. The van der Waals surface area contributed by atoms with Crippen molar-refractivity contribution in [1.29, 1.82) is 0 Å². The Morgan fingerprint density at radius 3 is 2.95 bits per heavy atom. The average Bonchev–Trinajstić information content (AvgIpc) is 3.07. The molecule has 1 heterocycles. The van der Waals surface area contributed by atoms with Crippen LogP contribution in [0.2, 0.25) is 5.02 Å². The zero-order chi connectivity index (χ0) is 13.5. The molecule has 3 rings (SSSR count). The lowest BCUT2D eigenvalue weighted by Crippen LogP contribution is -2.15. The zero-order valence-corrected chi connectivity index (χ0v) is 11.8. The van der Waals surface area contributed by atoms with Gasteiger partial charge in [0.05, 0.1) is 16.1 Å². The summed E-state index contributed by atoms with van der Waals surface area (Å²) in [5, 5.41) is 0.712. The van der Waals surface area contributed by atoms with Crippen LogP contribution >= 0.6 is 11.6 Å². The van der Waals surface area contributed by atoms with Crippen LogP contribution in [-0.2, 0) is 11.3 Å². The van der Waals surface area contributed by atoms with Gasteiger partial charge < -0.3 is 15.0 Å². The molecule has 0 radical (unpaired) electrons. The molecule has 1 aliphatic carbocycles. The molecule has 0 saturated heterocycles. The highest BCUT2D eigenvalue weighted by molar-refractivity contribution is 6.35. The zero-order valence-electron chi connectivity index (χ0n) is 11.0. The number of ether oxygens (including phenoxy) is 1. The van der Waals surface area contributed by atoms with Crippen molar-refractivity contribution >= 4 is 28.6 Å². The number of methoxy groups -OCH3 is 1. The van der Waals surface area contributed by atoms with Crippen LogP contribution in [0.15, 0.2) is 18.2 Å². The maximum Gasteiger partial charge on any atom is 0.201 e. The van der Waals surface area contributed by atoms with E-state index < -0.39 is 0 Å². The third-order valence-corrected chi connectivity index (χ3v) is 4.34. The van der Waals surface area contributed by atoms with E-state index in [-0.39, 0.29) is 0 Å². The van der Waals surface area contributed by atoms with Crippen molar-refractivity contribution < 1.29 is 4.74 Å². The number of hydrogen-bond acceptors (Lipinski definition) is 3. The first-order chi connectivity index (χ1) is 9.15. The van der Waals surface area contributed by atoms with Gasteiger partial charge in [0, 0.05) is 20.3 Å². The predicted octanol–water partition coefficient (Wildman–Crippen LogP) is 3.09. The molecule has 4 nitrogen and oxygen atoms in total. The molecule has 1 aliphatic rings. The molecule has 1 aromatic carbocycles. The third-order valence-electron chi connectivity index (χ3n) is 4.03. The minimum Gasteiger partial charge on any atom is -0.385 e. The van der Waals surface area contributed by atoms with Gasteiger partial charge in [-0.1, -0.05) is 17.7 Å². The first kappa shape index (κ1) is 12.8. The number of hydrogen-bond donors (Lipinski definition) is 1. The number of aromatic nitrogens is 2. The summed E-state index contributed by atoms with van der Waals surface area (Å²) in [6.07, 6.45) is 3.51. The van der Waals surface area contributed by atoms with Crippen molar-refractivity contribution in [3.05, 3.63) is 23.2 Å². The van der Waals surface area contributed by atoms with Crippen molar-refractivity contribution in [3.8, 4) is 0 Å². The molecule has 1 fully saturated rings. The van der Waals surface area contributed by atoms with Crippen LogP contribution in [0.5, 0.6) is 0 Å². The van der Waals surface area contributed by atoms with Crippen LogP contribution < -0.4 is 5.73 Å². The van der Waals surface area contributed by atoms with Crippen molar-refractivity contribution in [1.82, 2.24) is 9.55 Å². The number of imidazole rings is 1. The molecule has 1 saturated carbocycles. The van der Waals surface area contributed by atoms with Crippen LogP contribution in [0.4, 0.5) is 5.95 Å². The molecule has 102 valence electrons. The molecule has 0 unspecified atom stereocenters. The minimum atomic E-state index is 0.316. The van der Waals surface area contributed by atoms with Crippen LogP contribution in [0.1, 0.15) is 19.3 Å². The number of halogens is 1. The van der Waals surface area contributed by atoms with E-state index in [0.717, 1.165) is 30.6 Å². The lowest BCUT2D eigenvalue weighted by Gasteiger charge is -2.17. The molecule has 2 aromatic rings. The Labute approximate surface area is 117 Å². The highest BCUT2D eigenvalue weighted by atomic mass is 35.5. The monoisotopic (exact) mass is 279 g/mol. The largest absolute Gasteiger partial charge is 0.385 e. The van der Waals surface area contributed by atoms with Gasteiger partial charge in [-0.2, -0.15) is 0 Å². The first-order valence-corrected chi connectivity index (χ1v) is 6.92. The van der Waals surface area contributed by atoms with Gasteiger partial charge >= 0.3 is 0 Å². The SMILES string of the molecule is COCCC1(Cn2c(N)nc3cccc(Cl)c32)CC1. The van der Waals surface area contributed by atoms with Crippen molar-refractivity contribution in [2.24, 2.45) is 5.41 Å². The standard InChI is InChI=1S/C14H18ClN3O/c1-19-8-7-14(5-6-14)9-18-12-10(15)3-2-4-11(12)17-13(18)16/h2-4H,5-9H2,1H3,(H2,16,17). The van der Waals surface area contributed by atoms with E-state index in [9.17, 15) is 0 Å². The molecular weight excluding hydrogens is 262 g/mol. The quantitative estimate of drug-likeness (QED) is 0.915. The second-order valence-electron chi connectivity index (χ2n) is 5.41. The molecular formula is C14H18ClN3O. The Kier molecular flexibility index (Phi) is 3.15. The number of benzene rings is 1. The number of fused-ring (bicyclic) bond motifs is 1. The smallest absolute Gasteiger partial charge is 0.201 e. The summed E-state index contributed by atoms with van der Waals surface area (Å²) < 4.78 is 7.25. The fraction of sp³-hybridized carbons (Fsp3) is 0.500. The number of nitrogens with two attached hydrogens (primary N) is 1. The maximum atomic E-state index is 6.29. The summed E-state index contributed by atoms with van der Waals surface area (Å²) in [6.45, 7) is 1.67. The van der Waals surface area contributed by atoms with E-state index in [2.05, 4.69) is 9.55 Å². The number of anilines is 1. The Hall–Kier alpha value is -1.26. The van der Waals surface area contributed by atoms with E-state index in [1.807, 2.05) is 18.2 Å². The molecule has 5 heteroatoms. The second kappa shape index (κ2) is 4.69. The predicted molar refractivity (Wildman–Crippen MR) is 77.3 cm³/mol. The number of nitrogen functional groups attached to an aromatic ring is 1. The topological polar surface area (TPSA) is 53.1 Å². The lowest BCUT2D eigenvalue weighted by molar-refractivity contribution is 0.167. The fourth-order valence-electron chi connectivity index (χ4n) is 2.64. The number of para-hydroxylation sites is 1. The van der Waals surface area contributed by atoms with Gasteiger partial charge in [0.2, 0.25) is 5.95 Å². The molecule has 2 N–H and O–H groups in total. The van der Waals surface area contributed by atoms with Crippen molar-refractivity contribution in [2.75, 3.05) is 19.5 Å². The summed E-state index contributed by atoms with van der Waals surface area (Å²) in [5.74, 6) is 0.548. The van der Waals surface area contributed by atoms with Gasteiger partial charge in [-0.05, 0) is 36.8 Å². The van der Waals surface area contributed by atoms with Crippen LogP contribution in [0.25, 0.3) is 11.0 Å². The Balaban J connectivity index is 1.95. The van der Waals surface area contributed by atoms with Gasteiger partial charge in [0.1, 0.15) is 0 Å². The van der Waals surface area contributed by atoms with Gasteiger partial charge in [-0.25, -0.2) is 4.98 Å². The minimum absolute atomic E-state index is 0.316. The van der Waals surface area contributed by atoms with E-state index in [1.54, 1.807) is 7.11 Å². The highest BCUT2D eigenvalue weighted by Gasteiger charge is 2.43. The summed E-state index contributed by atoms with van der Waals surface area (Å²) in [5.41, 5.74) is 8.18. The van der Waals surface area contributed by atoms with Crippen LogP contribution in [0.3, 0.4) is 0 Å².